The number of nitrogens with zero attached hydrogens (tertiary/aromatic N) is 2. The number of hydrogen-bond acceptors (Lipinski definition) is 2. The molecule has 0 aliphatic rings. The maximum absolute atomic E-state index is 4.53. The number of halogens is 1. The number of rotatable bonds is 4. The van der Waals surface area contributed by atoms with E-state index in [0.717, 1.165) is 18.7 Å². The van der Waals surface area contributed by atoms with E-state index in [-0.39, 0.29) is 0 Å². The third kappa shape index (κ3) is 2.71. The number of fused-ring (bicyclic) bond motifs is 1. The summed E-state index contributed by atoms with van der Waals surface area (Å²) in [6.07, 6.45) is 4.06. The van der Waals surface area contributed by atoms with Gasteiger partial charge in [0.2, 0.25) is 0 Å². The molecule has 0 bridgehead atoms. The predicted molar refractivity (Wildman–Crippen MR) is 90.8 cm³/mol. The lowest BCUT2D eigenvalue weighted by Gasteiger charge is -2.05. The van der Waals surface area contributed by atoms with Crippen molar-refractivity contribution in [1.82, 2.24) is 14.9 Å². The highest BCUT2D eigenvalue weighted by Gasteiger charge is 2.08. The molecule has 0 fully saturated rings. The molecule has 0 unspecified atom stereocenters. The van der Waals surface area contributed by atoms with E-state index in [0.29, 0.717) is 0 Å². The highest BCUT2D eigenvalue weighted by atomic mass is 127. The molecule has 0 saturated carbocycles. The van der Waals surface area contributed by atoms with Gasteiger partial charge in [-0.15, -0.1) is 0 Å². The van der Waals surface area contributed by atoms with Gasteiger partial charge in [0.25, 0.3) is 0 Å². The average molecular weight is 377 g/mol. The van der Waals surface area contributed by atoms with Crippen LogP contribution in [0, 0.1) is 3.57 Å². The van der Waals surface area contributed by atoms with E-state index < -0.39 is 0 Å². The SMILES string of the molecule is CNCc1cn(Cc2ccc(I)cc2)c2ncccc12. The maximum atomic E-state index is 4.53. The van der Waals surface area contributed by atoms with Gasteiger partial charge < -0.3 is 9.88 Å². The molecule has 2 heterocycles. The highest BCUT2D eigenvalue weighted by molar-refractivity contribution is 14.1. The summed E-state index contributed by atoms with van der Waals surface area (Å²) in [7, 11) is 1.97. The number of pyridine rings is 1. The quantitative estimate of drug-likeness (QED) is 0.707. The molecule has 2 aromatic heterocycles. The number of aromatic nitrogens is 2. The summed E-state index contributed by atoms with van der Waals surface area (Å²) >= 11 is 2.33. The zero-order valence-electron chi connectivity index (χ0n) is 11.3. The van der Waals surface area contributed by atoms with Crippen molar-refractivity contribution in [3.63, 3.8) is 0 Å². The predicted octanol–water partition coefficient (Wildman–Crippen LogP) is 3.41. The summed E-state index contributed by atoms with van der Waals surface area (Å²) in [6.45, 7) is 1.72. The summed E-state index contributed by atoms with van der Waals surface area (Å²) in [4.78, 5) is 4.53. The monoisotopic (exact) mass is 377 g/mol. The third-order valence-electron chi connectivity index (χ3n) is 3.35. The van der Waals surface area contributed by atoms with Gasteiger partial charge >= 0.3 is 0 Å². The van der Waals surface area contributed by atoms with Crippen molar-refractivity contribution in [2.45, 2.75) is 13.1 Å². The highest BCUT2D eigenvalue weighted by Crippen LogP contribution is 2.20. The van der Waals surface area contributed by atoms with Crippen LogP contribution in [0.2, 0.25) is 0 Å². The van der Waals surface area contributed by atoms with Crippen LogP contribution in [0.15, 0.2) is 48.8 Å². The van der Waals surface area contributed by atoms with E-state index in [2.05, 4.69) is 74.0 Å². The van der Waals surface area contributed by atoms with E-state index >= 15 is 0 Å². The van der Waals surface area contributed by atoms with Gasteiger partial charge in [-0.25, -0.2) is 4.98 Å². The van der Waals surface area contributed by atoms with Crippen LogP contribution in [0.4, 0.5) is 0 Å². The molecule has 0 spiro atoms. The Morgan fingerprint density at radius 3 is 2.75 bits per heavy atom. The van der Waals surface area contributed by atoms with Crippen LogP contribution in [-0.4, -0.2) is 16.6 Å². The molecule has 1 N–H and O–H groups in total. The summed E-state index contributed by atoms with van der Waals surface area (Å²) in [5, 5.41) is 4.45. The summed E-state index contributed by atoms with van der Waals surface area (Å²) in [6, 6.07) is 12.8. The summed E-state index contributed by atoms with van der Waals surface area (Å²) in [5.74, 6) is 0. The lowest BCUT2D eigenvalue weighted by atomic mass is 10.2. The van der Waals surface area contributed by atoms with Crippen LogP contribution >= 0.6 is 22.6 Å². The van der Waals surface area contributed by atoms with Gasteiger partial charge in [-0.2, -0.15) is 0 Å². The molecular weight excluding hydrogens is 361 g/mol. The standard InChI is InChI=1S/C16H16IN3/c1-18-9-13-11-20(16-15(13)3-2-8-19-16)10-12-4-6-14(17)7-5-12/h2-8,11,18H,9-10H2,1H3. The molecule has 4 heteroatoms. The zero-order valence-corrected chi connectivity index (χ0v) is 13.5. The largest absolute Gasteiger partial charge is 0.328 e. The van der Waals surface area contributed by atoms with Gasteiger partial charge in [0.05, 0.1) is 0 Å². The molecule has 0 aliphatic heterocycles. The molecule has 0 saturated heterocycles. The number of nitrogens with one attached hydrogen (secondary N) is 1. The zero-order chi connectivity index (χ0) is 13.9. The van der Waals surface area contributed by atoms with Crippen molar-refractivity contribution in [1.29, 1.82) is 0 Å². The first kappa shape index (κ1) is 13.6. The fraction of sp³-hybridized carbons (Fsp3) is 0.188. The Morgan fingerprint density at radius 1 is 1.20 bits per heavy atom. The molecule has 1 aromatic carbocycles. The van der Waals surface area contributed by atoms with Crippen LogP contribution in [0.5, 0.6) is 0 Å². The van der Waals surface area contributed by atoms with Crippen molar-refractivity contribution in [3.05, 3.63) is 63.5 Å². The molecule has 0 radical (unpaired) electrons. The second-order valence-corrected chi connectivity index (χ2v) is 6.06. The lowest BCUT2D eigenvalue weighted by molar-refractivity contribution is 0.791. The van der Waals surface area contributed by atoms with Crippen molar-refractivity contribution in [2.24, 2.45) is 0 Å². The van der Waals surface area contributed by atoms with E-state index in [4.69, 9.17) is 0 Å². The smallest absolute Gasteiger partial charge is 0.140 e. The minimum absolute atomic E-state index is 0.855. The fourth-order valence-corrected chi connectivity index (χ4v) is 2.79. The first-order valence-corrected chi connectivity index (χ1v) is 7.67. The minimum Gasteiger partial charge on any atom is -0.328 e. The molecule has 0 aliphatic carbocycles. The van der Waals surface area contributed by atoms with Gasteiger partial charge in [0.1, 0.15) is 5.65 Å². The number of benzene rings is 1. The Kier molecular flexibility index (Phi) is 4.03. The van der Waals surface area contributed by atoms with Crippen LogP contribution in [0.1, 0.15) is 11.1 Å². The van der Waals surface area contributed by atoms with Gasteiger partial charge in [-0.1, -0.05) is 12.1 Å². The molecule has 0 amide bonds. The van der Waals surface area contributed by atoms with Crippen molar-refractivity contribution in [2.75, 3.05) is 7.05 Å². The average Bonchev–Trinajstić information content (AvgIpc) is 2.81. The van der Waals surface area contributed by atoms with E-state index in [1.54, 1.807) is 0 Å². The molecular formula is C16H16IN3. The van der Waals surface area contributed by atoms with Crippen LogP contribution in [-0.2, 0) is 13.1 Å². The van der Waals surface area contributed by atoms with Gasteiger partial charge in [0, 0.05) is 34.4 Å². The van der Waals surface area contributed by atoms with Gasteiger partial charge in [-0.3, -0.25) is 0 Å². The maximum Gasteiger partial charge on any atom is 0.140 e. The van der Waals surface area contributed by atoms with Gasteiger partial charge in [0.15, 0.2) is 0 Å². The topological polar surface area (TPSA) is 29.9 Å². The van der Waals surface area contributed by atoms with Crippen molar-refractivity contribution >= 4 is 33.6 Å². The van der Waals surface area contributed by atoms with Crippen molar-refractivity contribution in [3.8, 4) is 0 Å². The van der Waals surface area contributed by atoms with E-state index in [9.17, 15) is 0 Å². The first-order chi connectivity index (χ1) is 9.78. The normalized spacial score (nSPS) is 11.1. The fourth-order valence-electron chi connectivity index (χ4n) is 2.43. The summed E-state index contributed by atoms with van der Waals surface area (Å²) < 4.78 is 3.49. The van der Waals surface area contributed by atoms with Crippen LogP contribution in [0.3, 0.4) is 0 Å². The van der Waals surface area contributed by atoms with Gasteiger partial charge in [-0.05, 0) is 65.0 Å². The Labute approximate surface area is 132 Å². The minimum atomic E-state index is 0.855. The van der Waals surface area contributed by atoms with Crippen molar-refractivity contribution < 1.29 is 0 Å². The second kappa shape index (κ2) is 5.93. The van der Waals surface area contributed by atoms with E-state index in [1.807, 2.05) is 19.3 Å². The number of hydrogen-bond donors (Lipinski definition) is 1. The molecule has 3 aromatic rings. The second-order valence-electron chi connectivity index (χ2n) is 4.81. The molecule has 3 nitrogen and oxygen atoms in total. The Morgan fingerprint density at radius 2 is 2.00 bits per heavy atom. The van der Waals surface area contributed by atoms with Crippen LogP contribution in [0.25, 0.3) is 11.0 Å². The molecule has 20 heavy (non-hydrogen) atoms. The lowest BCUT2D eigenvalue weighted by Crippen LogP contribution is -2.04. The molecule has 0 atom stereocenters. The van der Waals surface area contributed by atoms with Crippen LogP contribution < -0.4 is 5.32 Å². The Hall–Kier alpha value is -1.40. The third-order valence-corrected chi connectivity index (χ3v) is 4.07. The Bertz CT molecular complexity index is 716. The summed E-state index contributed by atoms with van der Waals surface area (Å²) in [5.41, 5.74) is 3.64. The molecule has 3 rings (SSSR count). The first-order valence-electron chi connectivity index (χ1n) is 6.59. The Balaban J connectivity index is 2.00. The molecule has 102 valence electrons. The van der Waals surface area contributed by atoms with E-state index in [1.165, 1.54) is 20.1 Å².